The molecule has 1 aliphatic heterocycles. The van der Waals surface area contributed by atoms with Crippen molar-refractivity contribution in [3.63, 3.8) is 0 Å². The fourth-order valence-corrected chi connectivity index (χ4v) is 6.45. The van der Waals surface area contributed by atoms with Gasteiger partial charge in [0.2, 0.25) is 5.91 Å². The van der Waals surface area contributed by atoms with Crippen molar-refractivity contribution in [2.75, 3.05) is 26.2 Å². The molecule has 2 amide bonds. The molecule has 0 unspecified atom stereocenters. The number of nitrogens with zero attached hydrogens (tertiary/aromatic N) is 2. The molecule has 4 aliphatic carbocycles. The Labute approximate surface area is 148 Å². The zero-order valence-corrected chi connectivity index (χ0v) is 14.7. The number of aromatic amines is 1. The van der Waals surface area contributed by atoms with Gasteiger partial charge in [-0.1, -0.05) is 0 Å². The number of carbonyl (C=O) groups is 2. The predicted octanol–water partition coefficient (Wildman–Crippen LogP) is 2.52. The Bertz CT molecular complexity index is 638. The van der Waals surface area contributed by atoms with E-state index in [0.29, 0.717) is 37.8 Å². The molecule has 4 bridgehead atoms. The molecule has 4 saturated carbocycles. The monoisotopic (exact) mass is 341 g/mol. The van der Waals surface area contributed by atoms with E-state index in [4.69, 9.17) is 0 Å². The summed E-state index contributed by atoms with van der Waals surface area (Å²) < 4.78 is 0. The third-order valence-electron chi connectivity index (χ3n) is 7.17. The van der Waals surface area contributed by atoms with Gasteiger partial charge in [-0.2, -0.15) is 0 Å². The van der Waals surface area contributed by atoms with Gasteiger partial charge in [0, 0.05) is 32.4 Å². The lowest BCUT2D eigenvalue weighted by Gasteiger charge is -2.57. The van der Waals surface area contributed by atoms with Crippen LogP contribution in [0.1, 0.15) is 49.0 Å². The lowest BCUT2D eigenvalue weighted by atomic mass is 9.49. The van der Waals surface area contributed by atoms with E-state index in [1.54, 1.807) is 6.20 Å². The first kappa shape index (κ1) is 15.5. The fourth-order valence-electron chi connectivity index (χ4n) is 6.45. The summed E-state index contributed by atoms with van der Waals surface area (Å²) in [6.45, 7) is 2.67. The van der Waals surface area contributed by atoms with Gasteiger partial charge < -0.3 is 14.8 Å². The first-order valence-electron chi connectivity index (χ1n) is 9.85. The molecular formula is C20H27N3O2. The van der Waals surface area contributed by atoms with Crippen LogP contribution in [-0.2, 0) is 4.79 Å². The molecule has 0 radical (unpaired) electrons. The van der Waals surface area contributed by atoms with Gasteiger partial charge in [-0.25, -0.2) is 0 Å². The summed E-state index contributed by atoms with van der Waals surface area (Å²) in [4.78, 5) is 32.7. The van der Waals surface area contributed by atoms with E-state index in [0.717, 1.165) is 37.0 Å². The minimum atomic E-state index is -0.0552. The van der Waals surface area contributed by atoms with Gasteiger partial charge in [0.1, 0.15) is 5.69 Å². The molecule has 5 heteroatoms. The van der Waals surface area contributed by atoms with Gasteiger partial charge in [0.15, 0.2) is 0 Å². The largest absolute Gasteiger partial charge is 0.357 e. The summed E-state index contributed by atoms with van der Waals surface area (Å²) in [6, 6.07) is 3.66. The number of nitrogens with one attached hydrogen (secondary N) is 1. The van der Waals surface area contributed by atoms with Crippen LogP contribution in [0.4, 0.5) is 0 Å². The van der Waals surface area contributed by atoms with Crippen molar-refractivity contribution < 1.29 is 9.59 Å². The van der Waals surface area contributed by atoms with E-state index >= 15 is 0 Å². The van der Waals surface area contributed by atoms with Crippen molar-refractivity contribution in [2.24, 2.45) is 23.2 Å². The molecule has 5 aliphatic rings. The number of piperazine rings is 1. The van der Waals surface area contributed by atoms with Crippen molar-refractivity contribution in [1.82, 2.24) is 14.8 Å². The molecule has 5 fully saturated rings. The average Bonchev–Trinajstić information content (AvgIpc) is 3.14. The van der Waals surface area contributed by atoms with Crippen LogP contribution < -0.4 is 0 Å². The van der Waals surface area contributed by atoms with Gasteiger partial charge in [-0.05, 0) is 68.4 Å². The maximum absolute atomic E-state index is 13.4. The zero-order valence-electron chi connectivity index (χ0n) is 14.7. The molecule has 1 aromatic heterocycles. The minimum Gasteiger partial charge on any atom is -0.357 e. The smallest absolute Gasteiger partial charge is 0.270 e. The SMILES string of the molecule is O=C(c1ccc[nH]1)N1CCN(C(=O)C23CC4CC(CC(C4)C2)C3)CC1. The van der Waals surface area contributed by atoms with Gasteiger partial charge in [-0.15, -0.1) is 0 Å². The van der Waals surface area contributed by atoms with Crippen molar-refractivity contribution >= 4 is 11.8 Å². The number of hydrogen-bond acceptors (Lipinski definition) is 2. The van der Waals surface area contributed by atoms with E-state index in [1.807, 2.05) is 17.0 Å². The van der Waals surface area contributed by atoms with Crippen LogP contribution >= 0.6 is 0 Å². The van der Waals surface area contributed by atoms with Crippen LogP contribution in [0.5, 0.6) is 0 Å². The first-order valence-corrected chi connectivity index (χ1v) is 9.85. The molecule has 1 N–H and O–H groups in total. The van der Waals surface area contributed by atoms with Gasteiger partial charge in [0.25, 0.3) is 5.91 Å². The van der Waals surface area contributed by atoms with Crippen molar-refractivity contribution in [3.8, 4) is 0 Å². The van der Waals surface area contributed by atoms with Crippen molar-refractivity contribution in [1.29, 1.82) is 0 Å². The maximum atomic E-state index is 13.4. The molecular weight excluding hydrogens is 314 g/mol. The standard InChI is InChI=1S/C20H27N3O2/c24-18(17-2-1-3-21-17)22-4-6-23(7-5-22)19(25)20-11-14-8-15(12-20)10-16(9-14)13-20/h1-3,14-16,21H,4-13H2. The Morgan fingerprint density at radius 3 is 2.00 bits per heavy atom. The van der Waals surface area contributed by atoms with Crippen LogP contribution in [0, 0.1) is 23.2 Å². The molecule has 0 spiro atoms. The summed E-state index contributed by atoms with van der Waals surface area (Å²) in [7, 11) is 0. The van der Waals surface area contributed by atoms with Crippen molar-refractivity contribution in [3.05, 3.63) is 24.0 Å². The van der Waals surface area contributed by atoms with Gasteiger partial charge in [-0.3, -0.25) is 9.59 Å². The highest BCUT2D eigenvalue weighted by Gasteiger charge is 2.55. The Morgan fingerprint density at radius 1 is 0.920 bits per heavy atom. The first-order chi connectivity index (χ1) is 12.1. The second kappa shape index (κ2) is 5.61. The average molecular weight is 341 g/mol. The second-order valence-corrected chi connectivity index (χ2v) is 8.87. The third kappa shape index (κ3) is 2.51. The minimum absolute atomic E-state index is 0.0481. The number of aromatic nitrogens is 1. The number of amides is 2. The molecule has 6 rings (SSSR count). The highest BCUT2D eigenvalue weighted by Crippen LogP contribution is 2.60. The molecule has 2 heterocycles. The lowest BCUT2D eigenvalue weighted by Crippen LogP contribution is -2.58. The fraction of sp³-hybridized carbons (Fsp3) is 0.700. The van der Waals surface area contributed by atoms with Gasteiger partial charge >= 0.3 is 0 Å². The number of rotatable bonds is 2. The summed E-state index contributed by atoms with van der Waals surface area (Å²) in [5, 5.41) is 0. The molecule has 1 saturated heterocycles. The number of hydrogen-bond donors (Lipinski definition) is 1. The number of H-pyrrole nitrogens is 1. The molecule has 5 nitrogen and oxygen atoms in total. The Morgan fingerprint density at radius 2 is 1.48 bits per heavy atom. The second-order valence-electron chi connectivity index (χ2n) is 8.87. The predicted molar refractivity (Wildman–Crippen MR) is 93.9 cm³/mol. The van der Waals surface area contributed by atoms with Crippen LogP contribution in [0.15, 0.2) is 18.3 Å². The van der Waals surface area contributed by atoms with Gasteiger partial charge in [0.05, 0.1) is 5.41 Å². The highest BCUT2D eigenvalue weighted by atomic mass is 16.2. The molecule has 0 atom stereocenters. The van der Waals surface area contributed by atoms with Crippen LogP contribution in [0.2, 0.25) is 0 Å². The van der Waals surface area contributed by atoms with Crippen LogP contribution in [0.3, 0.4) is 0 Å². The quantitative estimate of drug-likeness (QED) is 0.899. The molecule has 25 heavy (non-hydrogen) atoms. The topological polar surface area (TPSA) is 56.4 Å². The Hall–Kier alpha value is -1.78. The Balaban J connectivity index is 1.25. The van der Waals surface area contributed by atoms with Crippen LogP contribution in [-0.4, -0.2) is 52.8 Å². The summed E-state index contributed by atoms with van der Waals surface area (Å²) >= 11 is 0. The van der Waals surface area contributed by atoms with E-state index in [-0.39, 0.29) is 11.3 Å². The van der Waals surface area contributed by atoms with Crippen LogP contribution in [0.25, 0.3) is 0 Å². The zero-order chi connectivity index (χ0) is 17.0. The van der Waals surface area contributed by atoms with E-state index in [1.165, 1.54) is 19.3 Å². The van der Waals surface area contributed by atoms with E-state index < -0.39 is 0 Å². The lowest BCUT2D eigenvalue weighted by molar-refractivity contribution is -0.159. The van der Waals surface area contributed by atoms with Crippen molar-refractivity contribution in [2.45, 2.75) is 38.5 Å². The molecule has 1 aromatic rings. The summed E-state index contributed by atoms with van der Waals surface area (Å²) in [5.41, 5.74) is 0.585. The highest BCUT2D eigenvalue weighted by molar-refractivity contribution is 5.92. The molecule has 0 aromatic carbocycles. The normalized spacial score (nSPS) is 36.7. The van der Waals surface area contributed by atoms with E-state index in [9.17, 15) is 9.59 Å². The summed E-state index contributed by atoms with van der Waals surface area (Å²) in [6.07, 6.45) is 9.25. The number of carbonyl (C=O) groups excluding carboxylic acids is 2. The maximum Gasteiger partial charge on any atom is 0.270 e. The Kier molecular flexibility index (Phi) is 3.47. The third-order valence-corrected chi connectivity index (χ3v) is 7.17. The summed E-state index contributed by atoms with van der Waals surface area (Å²) in [5.74, 6) is 2.84. The molecule has 134 valence electrons. The van der Waals surface area contributed by atoms with E-state index in [2.05, 4.69) is 9.88 Å².